The molecule has 1 fully saturated rings. The molecule has 0 amide bonds. The van der Waals surface area contributed by atoms with E-state index in [4.69, 9.17) is 5.26 Å². The summed E-state index contributed by atoms with van der Waals surface area (Å²) in [5.41, 5.74) is 2.10. The molecule has 5 heteroatoms. The number of piperidine rings is 1. The summed E-state index contributed by atoms with van der Waals surface area (Å²) in [5.74, 6) is 0.666. The molecule has 1 aliphatic heterocycles. The van der Waals surface area contributed by atoms with Crippen molar-refractivity contribution < 1.29 is 9.50 Å². The highest BCUT2D eigenvalue weighted by molar-refractivity contribution is 5.45. The normalized spacial score (nSPS) is 16.7. The maximum absolute atomic E-state index is 13.0. The van der Waals surface area contributed by atoms with Gasteiger partial charge in [-0.05, 0) is 55.0 Å². The smallest absolute Gasteiger partial charge is 0.145 e. The van der Waals surface area contributed by atoms with E-state index in [9.17, 15) is 9.50 Å². The number of aryl methyl sites for hydroxylation is 1. The number of aromatic nitrogens is 1. The third-order valence-corrected chi connectivity index (χ3v) is 4.71. The average molecular weight is 325 g/mol. The molecule has 1 atom stereocenters. The molecule has 124 valence electrons. The van der Waals surface area contributed by atoms with Gasteiger partial charge in [-0.1, -0.05) is 18.2 Å². The SMILES string of the molecule is Cc1ccc(N2CCC(C(O)c3ccc(F)cc3)CC2)nc1C#N. The number of aliphatic hydroxyl groups is 1. The van der Waals surface area contributed by atoms with Gasteiger partial charge in [-0.3, -0.25) is 0 Å². The second-order valence-corrected chi connectivity index (χ2v) is 6.27. The molecule has 2 heterocycles. The second kappa shape index (κ2) is 6.98. The summed E-state index contributed by atoms with van der Waals surface area (Å²) in [7, 11) is 0. The first-order chi connectivity index (χ1) is 11.6. The molecule has 1 N–H and O–H groups in total. The minimum absolute atomic E-state index is 0.146. The molecular weight excluding hydrogens is 305 g/mol. The maximum atomic E-state index is 13.0. The summed E-state index contributed by atoms with van der Waals surface area (Å²) < 4.78 is 13.0. The van der Waals surface area contributed by atoms with E-state index >= 15 is 0 Å². The van der Waals surface area contributed by atoms with Crippen molar-refractivity contribution in [3.05, 3.63) is 59.0 Å². The van der Waals surface area contributed by atoms with Crippen molar-refractivity contribution in [1.29, 1.82) is 5.26 Å². The van der Waals surface area contributed by atoms with Crippen LogP contribution in [0, 0.1) is 30.0 Å². The van der Waals surface area contributed by atoms with Crippen LogP contribution >= 0.6 is 0 Å². The molecule has 1 saturated heterocycles. The van der Waals surface area contributed by atoms with Gasteiger partial charge >= 0.3 is 0 Å². The summed E-state index contributed by atoms with van der Waals surface area (Å²) >= 11 is 0. The number of nitrogens with zero attached hydrogens (tertiary/aromatic N) is 3. The van der Waals surface area contributed by atoms with E-state index in [0.717, 1.165) is 42.9 Å². The van der Waals surface area contributed by atoms with Gasteiger partial charge in [-0.15, -0.1) is 0 Å². The molecule has 0 bridgehead atoms. The van der Waals surface area contributed by atoms with Crippen LogP contribution in [-0.4, -0.2) is 23.2 Å². The van der Waals surface area contributed by atoms with Gasteiger partial charge in [0.1, 0.15) is 23.4 Å². The Morgan fingerprint density at radius 2 is 1.88 bits per heavy atom. The molecule has 1 aromatic heterocycles. The highest BCUT2D eigenvalue weighted by Crippen LogP contribution is 2.32. The standard InChI is InChI=1S/C19H20FN3O/c1-13-2-7-18(22-17(13)12-21)23-10-8-15(9-11-23)19(24)14-3-5-16(20)6-4-14/h2-7,15,19,24H,8-11H2,1H3. The molecule has 4 nitrogen and oxygen atoms in total. The van der Waals surface area contributed by atoms with Crippen molar-refractivity contribution >= 4 is 5.82 Å². The average Bonchev–Trinajstić information content (AvgIpc) is 2.62. The fraction of sp³-hybridized carbons (Fsp3) is 0.368. The Hall–Kier alpha value is -2.45. The molecule has 1 aliphatic rings. The lowest BCUT2D eigenvalue weighted by atomic mass is 9.87. The molecule has 2 aromatic rings. The Kier molecular flexibility index (Phi) is 4.77. The Balaban J connectivity index is 1.65. The van der Waals surface area contributed by atoms with Gasteiger partial charge in [0.05, 0.1) is 6.10 Å². The van der Waals surface area contributed by atoms with Crippen LogP contribution in [0.15, 0.2) is 36.4 Å². The fourth-order valence-corrected chi connectivity index (χ4v) is 3.18. The largest absolute Gasteiger partial charge is 0.388 e. The first-order valence-electron chi connectivity index (χ1n) is 8.14. The van der Waals surface area contributed by atoms with Crippen LogP contribution in [0.25, 0.3) is 0 Å². The summed E-state index contributed by atoms with van der Waals surface area (Å²) in [6, 6.07) is 12.0. The van der Waals surface area contributed by atoms with Crippen LogP contribution in [0.5, 0.6) is 0 Å². The lowest BCUT2D eigenvalue weighted by molar-refractivity contribution is 0.0928. The molecular formula is C19H20FN3O. The minimum atomic E-state index is -0.576. The summed E-state index contributed by atoms with van der Waals surface area (Å²) in [6.07, 6.45) is 1.08. The predicted octanol–water partition coefficient (Wildman–Crippen LogP) is 3.35. The lowest BCUT2D eigenvalue weighted by Gasteiger charge is -2.35. The first kappa shape index (κ1) is 16.4. The number of hydrogen-bond acceptors (Lipinski definition) is 4. The molecule has 24 heavy (non-hydrogen) atoms. The number of halogens is 1. The van der Waals surface area contributed by atoms with Gasteiger partial charge in [0.15, 0.2) is 0 Å². The monoisotopic (exact) mass is 325 g/mol. The van der Waals surface area contributed by atoms with E-state index in [1.54, 1.807) is 12.1 Å². The van der Waals surface area contributed by atoms with Crippen molar-refractivity contribution in [2.75, 3.05) is 18.0 Å². The number of rotatable bonds is 3. The number of hydrogen-bond donors (Lipinski definition) is 1. The Morgan fingerprint density at radius 1 is 1.21 bits per heavy atom. The Labute approximate surface area is 141 Å². The Morgan fingerprint density at radius 3 is 2.50 bits per heavy atom. The minimum Gasteiger partial charge on any atom is -0.388 e. The quantitative estimate of drug-likeness (QED) is 0.940. The van der Waals surface area contributed by atoms with E-state index in [0.29, 0.717) is 5.69 Å². The molecule has 3 rings (SSSR count). The van der Waals surface area contributed by atoms with E-state index < -0.39 is 6.10 Å². The zero-order chi connectivity index (χ0) is 17.1. The van der Waals surface area contributed by atoms with E-state index in [1.165, 1.54) is 12.1 Å². The van der Waals surface area contributed by atoms with Crippen LogP contribution in [0.4, 0.5) is 10.2 Å². The Bertz CT molecular complexity index is 746. The molecule has 0 radical (unpaired) electrons. The van der Waals surface area contributed by atoms with Crippen molar-refractivity contribution in [1.82, 2.24) is 4.98 Å². The van der Waals surface area contributed by atoms with Crippen LogP contribution in [0.3, 0.4) is 0 Å². The van der Waals surface area contributed by atoms with Crippen molar-refractivity contribution in [2.45, 2.75) is 25.9 Å². The van der Waals surface area contributed by atoms with E-state index in [-0.39, 0.29) is 11.7 Å². The van der Waals surface area contributed by atoms with Crippen LogP contribution < -0.4 is 4.90 Å². The number of nitriles is 1. The zero-order valence-electron chi connectivity index (χ0n) is 13.6. The zero-order valence-corrected chi connectivity index (χ0v) is 13.6. The number of pyridine rings is 1. The van der Waals surface area contributed by atoms with Gasteiger partial charge in [0, 0.05) is 13.1 Å². The van der Waals surface area contributed by atoms with Crippen molar-refractivity contribution in [3.8, 4) is 6.07 Å². The first-order valence-corrected chi connectivity index (χ1v) is 8.14. The van der Waals surface area contributed by atoms with Gasteiger partial charge in [0.25, 0.3) is 0 Å². The summed E-state index contributed by atoms with van der Waals surface area (Å²) in [4.78, 5) is 6.56. The van der Waals surface area contributed by atoms with Gasteiger partial charge in [-0.25, -0.2) is 9.37 Å². The molecule has 1 unspecified atom stereocenters. The highest BCUT2D eigenvalue weighted by atomic mass is 19.1. The molecule has 0 aliphatic carbocycles. The lowest BCUT2D eigenvalue weighted by Crippen LogP contribution is -2.36. The van der Waals surface area contributed by atoms with Crippen molar-refractivity contribution in [3.63, 3.8) is 0 Å². The topological polar surface area (TPSA) is 60.1 Å². The van der Waals surface area contributed by atoms with Crippen molar-refractivity contribution in [2.24, 2.45) is 5.92 Å². The summed E-state index contributed by atoms with van der Waals surface area (Å²) in [5, 5.41) is 19.6. The second-order valence-electron chi connectivity index (χ2n) is 6.27. The van der Waals surface area contributed by atoms with Crippen LogP contribution in [0.2, 0.25) is 0 Å². The number of benzene rings is 1. The van der Waals surface area contributed by atoms with E-state index in [2.05, 4.69) is 16.0 Å². The van der Waals surface area contributed by atoms with Gasteiger partial charge in [0.2, 0.25) is 0 Å². The maximum Gasteiger partial charge on any atom is 0.145 e. The number of anilines is 1. The van der Waals surface area contributed by atoms with Crippen LogP contribution in [0.1, 0.15) is 35.8 Å². The van der Waals surface area contributed by atoms with Crippen LogP contribution in [-0.2, 0) is 0 Å². The number of aliphatic hydroxyl groups excluding tert-OH is 1. The third kappa shape index (κ3) is 3.39. The molecule has 0 saturated carbocycles. The molecule has 1 aromatic carbocycles. The highest BCUT2D eigenvalue weighted by Gasteiger charge is 2.27. The summed E-state index contributed by atoms with van der Waals surface area (Å²) in [6.45, 7) is 3.44. The van der Waals surface area contributed by atoms with Gasteiger partial charge < -0.3 is 10.0 Å². The fourth-order valence-electron chi connectivity index (χ4n) is 3.18. The third-order valence-electron chi connectivity index (χ3n) is 4.71. The molecule has 0 spiro atoms. The predicted molar refractivity (Wildman–Crippen MR) is 90.0 cm³/mol. The van der Waals surface area contributed by atoms with E-state index in [1.807, 2.05) is 19.1 Å². The van der Waals surface area contributed by atoms with Gasteiger partial charge in [-0.2, -0.15) is 5.26 Å².